The van der Waals surface area contributed by atoms with Gasteiger partial charge in [-0.25, -0.2) is 4.79 Å². The summed E-state index contributed by atoms with van der Waals surface area (Å²) >= 11 is 1.47. The van der Waals surface area contributed by atoms with Gasteiger partial charge >= 0.3 is 5.97 Å². The van der Waals surface area contributed by atoms with Crippen LogP contribution in [0.3, 0.4) is 0 Å². The number of thiophene rings is 1. The van der Waals surface area contributed by atoms with Crippen molar-refractivity contribution < 1.29 is 19.1 Å². The van der Waals surface area contributed by atoms with E-state index in [0.29, 0.717) is 22.2 Å². The van der Waals surface area contributed by atoms with Crippen molar-refractivity contribution in [3.8, 4) is 0 Å². The number of benzene rings is 1. The third-order valence-electron chi connectivity index (χ3n) is 4.76. The number of carbonyl (C=O) groups excluding carboxylic acids is 3. The van der Waals surface area contributed by atoms with Crippen molar-refractivity contribution in [2.24, 2.45) is 5.92 Å². The van der Waals surface area contributed by atoms with E-state index in [9.17, 15) is 14.4 Å². The van der Waals surface area contributed by atoms with Crippen LogP contribution < -0.4 is 10.6 Å². The van der Waals surface area contributed by atoms with E-state index in [4.69, 9.17) is 4.74 Å². The predicted molar refractivity (Wildman–Crippen MR) is 110 cm³/mol. The molecule has 1 aromatic carbocycles. The van der Waals surface area contributed by atoms with E-state index in [1.165, 1.54) is 35.1 Å². The fraction of sp³-hybridized carbons (Fsp3) is 0.381. The zero-order valence-electron chi connectivity index (χ0n) is 16.0. The first-order valence-corrected chi connectivity index (χ1v) is 10.2. The zero-order valence-corrected chi connectivity index (χ0v) is 16.9. The number of amides is 2. The van der Waals surface area contributed by atoms with Crippen molar-refractivity contribution in [2.75, 3.05) is 17.2 Å². The molecule has 7 heteroatoms. The molecular weight excluding hydrogens is 376 g/mol. The van der Waals surface area contributed by atoms with Gasteiger partial charge in [0.2, 0.25) is 5.91 Å². The van der Waals surface area contributed by atoms with Crippen molar-refractivity contribution in [3.05, 3.63) is 45.6 Å². The molecule has 1 atom stereocenters. The number of rotatable bonds is 6. The molecule has 0 saturated heterocycles. The van der Waals surface area contributed by atoms with Crippen LogP contribution in [0.15, 0.2) is 30.3 Å². The van der Waals surface area contributed by atoms with Gasteiger partial charge in [-0.1, -0.05) is 19.4 Å². The second-order valence-electron chi connectivity index (χ2n) is 6.96. The molecule has 1 aliphatic carbocycles. The third kappa shape index (κ3) is 5.19. The molecule has 2 aromatic rings. The van der Waals surface area contributed by atoms with E-state index in [2.05, 4.69) is 17.6 Å². The standard InChI is InChI=1S/C21H24N2O4S/c1-3-14-7-8-18-15(9-14)10-19(28-18)21(26)27-12-20(25)23-17-6-4-5-16(11-17)22-13(2)24/h4-6,10-11,14H,3,7-9,12H2,1-2H3,(H,22,24)(H,23,25)/t14-/m1/s1. The van der Waals surface area contributed by atoms with Gasteiger partial charge in [-0.05, 0) is 55.0 Å². The zero-order chi connectivity index (χ0) is 20.1. The van der Waals surface area contributed by atoms with Crippen molar-refractivity contribution >= 4 is 40.5 Å². The van der Waals surface area contributed by atoms with Crippen LogP contribution in [-0.2, 0) is 27.2 Å². The van der Waals surface area contributed by atoms with Crippen molar-refractivity contribution in [1.29, 1.82) is 0 Å². The summed E-state index contributed by atoms with van der Waals surface area (Å²) in [4.78, 5) is 37.3. The van der Waals surface area contributed by atoms with Crippen molar-refractivity contribution in [2.45, 2.75) is 39.5 Å². The number of carbonyl (C=O) groups is 3. The highest BCUT2D eigenvalue weighted by molar-refractivity contribution is 7.14. The van der Waals surface area contributed by atoms with Crippen LogP contribution >= 0.6 is 11.3 Å². The second-order valence-corrected chi connectivity index (χ2v) is 8.10. The third-order valence-corrected chi connectivity index (χ3v) is 5.98. The molecule has 1 heterocycles. The molecule has 0 saturated carbocycles. The molecule has 0 bridgehead atoms. The molecule has 6 nitrogen and oxygen atoms in total. The highest BCUT2D eigenvalue weighted by atomic mass is 32.1. The molecule has 3 rings (SSSR count). The number of aryl methyl sites for hydroxylation is 1. The molecule has 0 spiro atoms. The lowest BCUT2D eigenvalue weighted by Gasteiger charge is -2.19. The van der Waals surface area contributed by atoms with Crippen LogP contribution in [0.25, 0.3) is 0 Å². The fourth-order valence-electron chi connectivity index (χ4n) is 3.33. The SMILES string of the molecule is CC[C@@H]1CCc2sc(C(=O)OCC(=O)Nc3cccc(NC(C)=O)c3)cc2C1. The van der Waals surface area contributed by atoms with Crippen LogP contribution in [-0.4, -0.2) is 24.4 Å². The molecule has 0 unspecified atom stereocenters. The first-order valence-electron chi connectivity index (χ1n) is 9.40. The Labute approximate surface area is 168 Å². The fourth-order valence-corrected chi connectivity index (χ4v) is 4.43. The van der Waals surface area contributed by atoms with E-state index in [1.807, 2.05) is 6.07 Å². The highest BCUT2D eigenvalue weighted by Gasteiger charge is 2.23. The average molecular weight is 401 g/mol. The van der Waals surface area contributed by atoms with Crippen LogP contribution in [0.1, 0.15) is 46.8 Å². The summed E-state index contributed by atoms with van der Waals surface area (Å²) in [5.74, 6) is -0.401. The van der Waals surface area contributed by atoms with Gasteiger partial charge < -0.3 is 15.4 Å². The molecule has 28 heavy (non-hydrogen) atoms. The Bertz CT molecular complexity index is 890. The number of anilines is 2. The minimum Gasteiger partial charge on any atom is -0.451 e. The molecule has 148 valence electrons. The van der Waals surface area contributed by atoms with E-state index < -0.39 is 11.9 Å². The molecule has 2 N–H and O–H groups in total. The van der Waals surface area contributed by atoms with Gasteiger partial charge in [-0.2, -0.15) is 0 Å². The number of ether oxygens (including phenoxy) is 1. The van der Waals surface area contributed by atoms with E-state index in [1.54, 1.807) is 24.3 Å². The molecule has 1 aromatic heterocycles. The van der Waals surface area contributed by atoms with Gasteiger partial charge in [0.05, 0.1) is 0 Å². The Balaban J connectivity index is 1.53. The maximum atomic E-state index is 12.3. The molecule has 2 amide bonds. The summed E-state index contributed by atoms with van der Waals surface area (Å²) in [5, 5.41) is 5.31. The lowest BCUT2D eigenvalue weighted by molar-refractivity contribution is -0.119. The lowest BCUT2D eigenvalue weighted by atomic mass is 9.87. The Morgan fingerprint density at radius 2 is 1.93 bits per heavy atom. The van der Waals surface area contributed by atoms with Gasteiger partial charge in [0.15, 0.2) is 6.61 Å². The van der Waals surface area contributed by atoms with Crippen molar-refractivity contribution in [3.63, 3.8) is 0 Å². The number of hydrogen-bond acceptors (Lipinski definition) is 5. The van der Waals surface area contributed by atoms with Crippen LogP contribution in [0.5, 0.6) is 0 Å². The quantitative estimate of drug-likeness (QED) is 0.718. The summed E-state index contributed by atoms with van der Waals surface area (Å²) in [6.07, 6.45) is 4.34. The van der Waals surface area contributed by atoms with Crippen molar-refractivity contribution in [1.82, 2.24) is 0 Å². The molecular formula is C21H24N2O4S. The second kappa shape index (κ2) is 9.01. The number of hydrogen-bond donors (Lipinski definition) is 2. The largest absolute Gasteiger partial charge is 0.451 e. The summed E-state index contributed by atoms with van der Waals surface area (Å²) in [7, 11) is 0. The Kier molecular flexibility index (Phi) is 6.46. The number of fused-ring (bicyclic) bond motifs is 1. The summed E-state index contributed by atoms with van der Waals surface area (Å²) < 4.78 is 5.18. The summed E-state index contributed by atoms with van der Waals surface area (Å²) in [6, 6.07) is 8.69. The maximum absolute atomic E-state index is 12.3. The first kappa shape index (κ1) is 20.1. The van der Waals surface area contributed by atoms with Crippen LogP contribution in [0.2, 0.25) is 0 Å². The topological polar surface area (TPSA) is 84.5 Å². The van der Waals surface area contributed by atoms with Gasteiger partial charge in [-0.3, -0.25) is 9.59 Å². The normalized spacial score (nSPS) is 15.4. The Morgan fingerprint density at radius 3 is 2.64 bits per heavy atom. The summed E-state index contributed by atoms with van der Waals surface area (Å²) in [5.41, 5.74) is 2.34. The molecule has 0 aliphatic heterocycles. The minimum absolute atomic E-state index is 0.193. The van der Waals surface area contributed by atoms with E-state index >= 15 is 0 Å². The van der Waals surface area contributed by atoms with Gasteiger partial charge in [-0.15, -0.1) is 11.3 Å². The van der Waals surface area contributed by atoms with Gasteiger partial charge in [0.25, 0.3) is 5.91 Å². The monoisotopic (exact) mass is 400 g/mol. The molecule has 1 aliphatic rings. The first-order chi connectivity index (χ1) is 13.4. The minimum atomic E-state index is -0.463. The summed E-state index contributed by atoms with van der Waals surface area (Å²) in [6.45, 7) is 3.25. The van der Waals surface area contributed by atoms with Crippen LogP contribution in [0, 0.1) is 5.92 Å². The average Bonchev–Trinajstić information content (AvgIpc) is 3.09. The van der Waals surface area contributed by atoms with E-state index in [0.717, 1.165) is 19.3 Å². The molecule has 0 radical (unpaired) electrons. The predicted octanol–water partition coefficient (Wildman–Crippen LogP) is 4.02. The number of nitrogens with one attached hydrogen (secondary N) is 2. The maximum Gasteiger partial charge on any atom is 0.348 e. The Hall–Kier alpha value is -2.67. The Morgan fingerprint density at radius 1 is 1.18 bits per heavy atom. The highest BCUT2D eigenvalue weighted by Crippen LogP contribution is 2.33. The van der Waals surface area contributed by atoms with E-state index in [-0.39, 0.29) is 12.5 Å². The lowest BCUT2D eigenvalue weighted by Crippen LogP contribution is -2.20. The van der Waals surface area contributed by atoms with Crippen LogP contribution in [0.4, 0.5) is 11.4 Å². The van der Waals surface area contributed by atoms with Gasteiger partial charge in [0.1, 0.15) is 4.88 Å². The van der Waals surface area contributed by atoms with Gasteiger partial charge in [0, 0.05) is 23.2 Å². The molecule has 0 fully saturated rings. The number of esters is 1. The smallest absolute Gasteiger partial charge is 0.348 e.